The lowest BCUT2D eigenvalue weighted by molar-refractivity contribution is 0.599. The van der Waals surface area contributed by atoms with Gasteiger partial charge in [-0.1, -0.05) is 18.2 Å². The second kappa shape index (κ2) is 4.50. The van der Waals surface area contributed by atoms with Gasteiger partial charge in [-0.05, 0) is 25.1 Å². The third-order valence-corrected chi connectivity index (χ3v) is 3.49. The van der Waals surface area contributed by atoms with Crippen molar-refractivity contribution < 1.29 is 8.42 Å². The summed E-state index contributed by atoms with van der Waals surface area (Å²) in [4.78, 5) is 0.212. The number of sulfonamides is 1. The Morgan fingerprint density at radius 2 is 2.12 bits per heavy atom. The number of rotatable bonds is 2. The van der Waals surface area contributed by atoms with Gasteiger partial charge in [-0.3, -0.25) is 5.43 Å². The van der Waals surface area contributed by atoms with Gasteiger partial charge in [-0.2, -0.15) is 13.5 Å². The average molecular weight is 249 g/mol. The minimum Gasteiger partial charge on any atom is -0.260 e. The van der Waals surface area contributed by atoms with E-state index >= 15 is 0 Å². The SMILES string of the molecule is CC=CC=NNC1=NS(=O)(=O)c2ccccc21. The van der Waals surface area contributed by atoms with E-state index in [2.05, 4.69) is 14.9 Å². The van der Waals surface area contributed by atoms with Crippen LogP contribution in [0.25, 0.3) is 0 Å². The highest BCUT2D eigenvalue weighted by Crippen LogP contribution is 2.24. The largest absolute Gasteiger partial charge is 0.285 e. The van der Waals surface area contributed by atoms with Crippen molar-refractivity contribution in [2.24, 2.45) is 9.50 Å². The fourth-order valence-corrected chi connectivity index (χ4v) is 2.58. The minimum atomic E-state index is -3.56. The van der Waals surface area contributed by atoms with Gasteiger partial charge in [0, 0.05) is 11.8 Å². The fraction of sp³-hybridized carbons (Fsp3) is 0.0909. The number of fused-ring (bicyclic) bond motifs is 1. The first-order valence-corrected chi connectivity index (χ1v) is 6.44. The maximum Gasteiger partial charge on any atom is 0.285 e. The molecular weight excluding hydrogens is 238 g/mol. The van der Waals surface area contributed by atoms with E-state index < -0.39 is 10.0 Å². The van der Waals surface area contributed by atoms with Gasteiger partial charge >= 0.3 is 0 Å². The first-order valence-electron chi connectivity index (χ1n) is 5.00. The second-order valence-corrected chi connectivity index (χ2v) is 4.90. The summed E-state index contributed by atoms with van der Waals surface area (Å²) >= 11 is 0. The number of nitrogens with one attached hydrogen (secondary N) is 1. The lowest BCUT2D eigenvalue weighted by Gasteiger charge is -1.99. The van der Waals surface area contributed by atoms with Crippen LogP contribution in [0.5, 0.6) is 0 Å². The number of hydrogen-bond acceptors (Lipinski definition) is 4. The lowest BCUT2D eigenvalue weighted by atomic mass is 10.2. The van der Waals surface area contributed by atoms with E-state index in [1.807, 2.05) is 13.0 Å². The molecule has 1 aliphatic rings. The summed E-state index contributed by atoms with van der Waals surface area (Å²) in [5.74, 6) is 0.251. The molecule has 0 spiro atoms. The molecule has 0 bridgehead atoms. The van der Waals surface area contributed by atoms with E-state index in [1.165, 1.54) is 12.3 Å². The molecule has 2 rings (SSSR count). The molecule has 0 fully saturated rings. The summed E-state index contributed by atoms with van der Waals surface area (Å²) in [5.41, 5.74) is 3.16. The Balaban J connectivity index is 2.32. The number of hydrogen-bond donors (Lipinski definition) is 1. The number of benzene rings is 1. The van der Waals surface area contributed by atoms with Crippen LogP contribution in [0.2, 0.25) is 0 Å². The van der Waals surface area contributed by atoms with Crippen LogP contribution in [0.1, 0.15) is 12.5 Å². The van der Waals surface area contributed by atoms with Crippen molar-refractivity contribution in [1.82, 2.24) is 5.43 Å². The molecule has 1 heterocycles. The van der Waals surface area contributed by atoms with Crippen LogP contribution < -0.4 is 5.43 Å². The molecule has 1 aromatic carbocycles. The molecule has 1 aromatic rings. The van der Waals surface area contributed by atoms with E-state index in [4.69, 9.17) is 0 Å². The molecule has 0 amide bonds. The van der Waals surface area contributed by atoms with E-state index in [0.29, 0.717) is 5.56 Å². The first-order chi connectivity index (χ1) is 8.15. The Morgan fingerprint density at radius 1 is 1.35 bits per heavy atom. The quantitative estimate of drug-likeness (QED) is 0.634. The average Bonchev–Trinajstić information content (AvgIpc) is 2.58. The monoisotopic (exact) mass is 249 g/mol. The molecule has 17 heavy (non-hydrogen) atoms. The molecule has 0 radical (unpaired) electrons. The Hall–Kier alpha value is -1.95. The van der Waals surface area contributed by atoms with E-state index in [-0.39, 0.29) is 10.7 Å². The molecule has 1 N–H and O–H groups in total. The molecular formula is C11H11N3O2S. The minimum absolute atomic E-state index is 0.212. The Bertz CT molecular complexity index is 615. The predicted molar refractivity (Wildman–Crippen MR) is 66.6 cm³/mol. The molecule has 88 valence electrons. The van der Waals surface area contributed by atoms with Gasteiger partial charge in [0.05, 0.1) is 0 Å². The van der Waals surface area contributed by atoms with Crippen LogP contribution in [-0.4, -0.2) is 20.5 Å². The zero-order valence-electron chi connectivity index (χ0n) is 9.16. The molecule has 0 saturated carbocycles. The van der Waals surface area contributed by atoms with Gasteiger partial charge in [0.15, 0.2) is 5.84 Å². The van der Waals surface area contributed by atoms with Crippen LogP contribution in [0.4, 0.5) is 0 Å². The maximum absolute atomic E-state index is 11.7. The molecule has 0 unspecified atom stereocenters. The summed E-state index contributed by atoms with van der Waals surface area (Å²) in [7, 11) is -3.56. The van der Waals surface area contributed by atoms with Crippen LogP contribution in [-0.2, 0) is 10.0 Å². The summed E-state index contributed by atoms with van der Waals surface area (Å²) < 4.78 is 26.9. The Kier molecular flexibility index (Phi) is 3.06. The van der Waals surface area contributed by atoms with Crippen molar-refractivity contribution in [2.75, 3.05) is 0 Å². The van der Waals surface area contributed by atoms with E-state index in [1.54, 1.807) is 24.3 Å². The highest BCUT2D eigenvalue weighted by Gasteiger charge is 2.27. The molecule has 0 atom stereocenters. The Morgan fingerprint density at radius 3 is 2.88 bits per heavy atom. The molecule has 0 saturated heterocycles. The van der Waals surface area contributed by atoms with Crippen molar-refractivity contribution in [2.45, 2.75) is 11.8 Å². The summed E-state index contributed by atoms with van der Waals surface area (Å²) in [6.07, 6.45) is 5.06. The Labute approximate surface area is 99.6 Å². The van der Waals surface area contributed by atoms with Crippen molar-refractivity contribution in [3.05, 3.63) is 42.0 Å². The second-order valence-electron chi connectivity index (χ2n) is 3.33. The van der Waals surface area contributed by atoms with E-state index in [9.17, 15) is 8.42 Å². The van der Waals surface area contributed by atoms with Gasteiger partial charge in [-0.25, -0.2) is 0 Å². The van der Waals surface area contributed by atoms with Gasteiger partial charge in [-0.15, -0.1) is 4.40 Å². The van der Waals surface area contributed by atoms with Crippen molar-refractivity contribution in [3.8, 4) is 0 Å². The normalized spacial score (nSPS) is 17.4. The van der Waals surface area contributed by atoms with Crippen LogP contribution in [0, 0.1) is 0 Å². The van der Waals surface area contributed by atoms with E-state index in [0.717, 1.165) is 0 Å². The lowest BCUT2D eigenvalue weighted by Crippen LogP contribution is -2.16. The summed E-state index contributed by atoms with van der Waals surface area (Å²) in [6, 6.07) is 6.64. The summed E-state index contributed by atoms with van der Waals surface area (Å²) in [6.45, 7) is 1.86. The molecule has 6 heteroatoms. The van der Waals surface area contributed by atoms with Crippen LogP contribution in [0.15, 0.2) is 50.8 Å². The number of hydrazone groups is 1. The van der Waals surface area contributed by atoms with Crippen molar-refractivity contribution in [3.63, 3.8) is 0 Å². The molecule has 5 nitrogen and oxygen atoms in total. The van der Waals surface area contributed by atoms with Gasteiger partial charge in [0.2, 0.25) is 0 Å². The predicted octanol–water partition coefficient (Wildman–Crippen LogP) is 1.29. The molecule has 1 aliphatic heterocycles. The standard InChI is InChI=1S/C11H11N3O2S/c1-2-3-8-12-13-11-9-6-4-5-7-10(9)17(15,16)14-11/h2-8H,1H3,(H,13,14). The first kappa shape index (κ1) is 11.5. The molecule has 0 aliphatic carbocycles. The number of amidine groups is 1. The third-order valence-electron chi connectivity index (χ3n) is 2.16. The maximum atomic E-state index is 11.7. The van der Waals surface area contributed by atoms with Gasteiger partial charge in [0.1, 0.15) is 4.90 Å². The van der Waals surface area contributed by atoms with Crippen LogP contribution >= 0.6 is 0 Å². The zero-order chi connectivity index (χ0) is 12.3. The van der Waals surface area contributed by atoms with Gasteiger partial charge < -0.3 is 0 Å². The highest BCUT2D eigenvalue weighted by molar-refractivity contribution is 7.90. The number of allylic oxidation sites excluding steroid dienone is 2. The van der Waals surface area contributed by atoms with Crippen molar-refractivity contribution >= 4 is 22.1 Å². The fourth-order valence-electron chi connectivity index (χ4n) is 1.41. The topological polar surface area (TPSA) is 70.9 Å². The van der Waals surface area contributed by atoms with Crippen LogP contribution in [0.3, 0.4) is 0 Å². The van der Waals surface area contributed by atoms with Crippen molar-refractivity contribution in [1.29, 1.82) is 0 Å². The summed E-state index contributed by atoms with van der Waals surface area (Å²) in [5, 5.41) is 3.85. The molecule has 0 aromatic heterocycles. The highest BCUT2D eigenvalue weighted by atomic mass is 32.2. The third kappa shape index (κ3) is 2.26. The number of nitrogens with zero attached hydrogens (tertiary/aromatic N) is 2. The zero-order valence-corrected chi connectivity index (χ0v) is 9.98. The smallest absolute Gasteiger partial charge is 0.260 e. The van der Waals surface area contributed by atoms with Gasteiger partial charge in [0.25, 0.3) is 10.0 Å².